The third kappa shape index (κ3) is 2.90. The number of carbonyl (C=O) groups is 1. The lowest BCUT2D eigenvalue weighted by molar-refractivity contribution is -0.137. The van der Waals surface area contributed by atoms with Crippen molar-refractivity contribution in [3.8, 4) is 0 Å². The molecule has 0 saturated heterocycles. The average Bonchev–Trinajstić information content (AvgIpc) is 2.39. The van der Waals surface area contributed by atoms with E-state index in [1.54, 1.807) is 13.8 Å². The fourth-order valence-electron chi connectivity index (χ4n) is 2.51. The number of amides is 1. The van der Waals surface area contributed by atoms with E-state index in [2.05, 4.69) is 5.10 Å². The Kier molecular flexibility index (Phi) is 3.95. The van der Waals surface area contributed by atoms with E-state index >= 15 is 0 Å². The largest absolute Gasteiger partial charge is 0.384 e. The minimum absolute atomic E-state index is 0.00866. The molecule has 1 amide bonds. The minimum atomic E-state index is -1.01. The number of hydrazone groups is 1. The average molecular weight is 274 g/mol. The fourth-order valence-corrected chi connectivity index (χ4v) is 2.51. The van der Waals surface area contributed by atoms with Crippen molar-refractivity contribution in [1.82, 2.24) is 5.01 Å². The van der Waals surface area contributed by atoms with Gasteiger partial charge in [-0.2, -0.15) is 5.10 Å². The van der Waals surface area contributed by atoms with Gasteiger partial charge in [0.05, 0.1) is 17.9 Å². The molecular weight excluding hydrogens is 252 g/mol. The van der Waals surface area contributed by atoms with Crippen LogP contribution in [0.2, 0.25) is 0 Å². The molecular formula is C16H22N2O2. The first-order valence-corrected chi connectivity index (χ1v) is 6.97. The van der Waals surface area contributed by atoms with Crippen LogP contribution in [-0.4, -0.2) is 27.3 Å². The van der Waals surface area contributed by atoms with Gasteiger partial charge in [-0.25, -0.2) is 5.01 Å². The Bertz CT molecular complexity index is 517. The molecule has 1 aliphatic rings. The van der Waals surface area contributed by atoms with Crippen molar-refractivity contribution in [2.24, 2.45) is 16.9 Å². The van der Waals surface area contributed by atoms with Gasteiger partial charge in [0.25, 0.3) is 0 Å². The maximum absolute atomic E-state index is 12.3. The molecule has 0 saturated carbocycles. The van der Waals surface area contributed by atoms with Crippen LogP contribution in [0.4, 0.5) is 0 Å². The predicted molar refractivity (Wildman–Crippen MR) is 79.1 cm³/mol. The molecule has 0 bridgehead atoms. The first-order valence-electron chi connectivity index (χ1n) is 6.97. The molecule has 1 aliphatic heterocycles. The lowest BCUT2D eigenvalue weighted by atomic mass is 9.82. The third-order valence-corrected chi connectivity index (χ3v) is 3.86. The van der Waals surface area contributed by atoms with Gasteiger partial charge in [-0.1, -0.05) is 44.2 Å². The van der Waals surface area contributed by atoms with Gasteiger partial charge in [0.2, 0.25) is 5.91 Å². The summed E-state index contributed by atoms with van der Waals surface area (Å²) < 4.78 is 0. The minimum Gasteiger partial charge on any atom is -0.384 e. The summed E-state index contributed by atoms with van der Waals surface area (Å²) in [6.07, 6.45) is 0. The third-order valence-electron chi connectivity index (χ3n) is 3.86. The summed E-state index contributed by atoms with van der Waals surface area (Å²) in [6.45, 7) is 7.71. The van der Waals surface area contributed by atoms with Crippen LogP contribution in [-0.2, 0) is 11.3 Å². The topological polar surface area (TPSA) is 52.9 Å². The van der Waals surface area contributed by atoms with Gasteiger partial charge in [-0.15, -0.1) is 0 Å². The van der Waals surface area contributed by atoms with E-state index < -0.39 is 5.60 Å². The van der Waals surface area contributed by atoms with Crippen LogP contribution in [0, 0.1) is 11.8 Å². The molecule has 0 radical (unpaired) electrons. The highest BCUT2D eigenvalue weighted by atomic mass is 16.3. The lowest BCUT2D eigenvalue weighted by Gasteiger charge is -2.36. The van der Waals surface area contributed by atoms with Crippen molar-refractivity contribution in [2.45, 2.75) is 39.8 Å². The summed E-state index contributed by atoms with van der Waals surface area (Å²) in [7, 11) is 0. The van der Waals surface area contributed by atoms with Gasteiger partial charge >= 0.3 is 0 Å². The van der Waals surface area contributed by atoms with Crippen LogP contribution >= 0.6 is 0 Å². The van der Waals surface area contributed by atoms with Crippen LogP contribution in [0.1, 0.15) is 33.3 Å². The molecule has 1 N–H and O–H groups in total. The fraction of sp³-hybridized carbons (Fsp3) is 0.500. The highest BCUT2D eigenvalue weighted by molar-refractivity contribution is 5.99. The van der Waals surface area contributed by atoms with E-state index in [1.165, 1.54) is 5.01 Å². The molecule has 0 aliphatic carbocycles. The second-order valence-electron chi connectivity index (χ2n) is 6.00. The molecule has 0 fully saturated rings. The summed E-state index contributed by atoms with van der Waals surface area (Å²) in [4.78, 5) is 12.3. The van der Waals surface area contributed by atoms with E-state index in [-0.39, 0.29) is 17.7 Å². The van der Waals surface area contributed by atoms with Gasteiger partial charge in [0.15, 0.2) is 0 Å². The SMILES string of the molecule is C[C@@H]1C(C(C)(C)O)=NN(Cc2ccccc2)C(=O)[C@@H]1C. The van der Waals surface area contributed by atoms with E-state index in [9.17, 15) is 9.90 Å². The number of rotatable bonds is 3. The van der Waals surface area contributed by atoms with Crippen LogP contribution in [0.15, 0.2) is 35.4 Å². The molecule has 4 nitrogen and oxygen atoms in total. The number of carbonyl (C=O) groups excluding carboxylic acids is 1. The van der Waals surface area contributed by atoms with Crippen LogP contribution < -0.4 is 0 Å². The van der Waals surface area contributed by atoms with E-state index in [0.717, 1.165) is 5.56 Å². The van der Waals surface area contributed by atoms with Crippen molar-refractivity contribution >= 4 is 11.6 Å². The van der Waals surface area contributed by atoms with Gasteiger partial charge in [0, 0.05) is 11.8 Å². The number of aliphatic hydroxyl groups is 1. The lowest BCUT2D eigenvalue weighted by Crippen LogP contribution is -2.48. The second-order valence-corrected chi connectivity index (χ2v) is 6.00. The molecule has 1 heterocycles. The maximum atomic E-state index is 12.3. The molecule has 0 aromatic heterocycles. The molecule has 1 aromatic carbocycles. The van der Waals surface area contributed by atoms with Gasteiger partial charge in [0.1, 0.15) is 0 Å². The van der Waals surface area contributed by atoms with Crippen molar-refractivity contribution in [2.75, 3.05) is 0 Å². The normalized spacial score (nSPS) is 23.8. The summed E-state index contributed by atoms with van der Waals surface area (Å²) >= 11 is 0. The molecule has 0 unspecified atom stereocenters. The summed E-state index contributed by atoms with van der Waals surface area (Å²) in [5.41, 5.74) is 0.686. The van der Waals surface area contributed by atoms with Crippen LogP contribution in [0.25, 0.3) is 0 Å². The highest BCUT2D eigenvalue weighted by Gasteiger charge is 2.39. The van der Waals surface area contributed by atoms with Crippen molar-refractivity contribution in [3.05, 3.63) is 35.9 Å². The molecule has 2 atom stereocenters. The summed E-state index contributed by atoms with van der Waals surface area (Å²) in [5.74, 6) is -0.207. The van der Waals surface area contributed by atoms with Crippen molar-refractivity contribution in [3.63, 3.8) is 0 Å². The Hall–Kier alpha value is -1.68. The number of nitrogens with zero attached hydrogens (tertiary/aromatic N) is 2. The van der Waals surface area contributed by atoms with Crippen LogP contribution in [0.5, 0.6) is 0 Å². The summed E-state index contributed by atoms with van der Waals surface area (Å²) in [6, 6.07) is 9.76. The van der Waals surface area contributed by atoms with Gasteiger partial charge in [-0.05, 0) is 19.4 Å². The van der Waals surface area contributed by atoms with Gasteiger partial charge < -0.3 is 5.11 Å². The number of hydrogen-bond donors (Lipinski definition) is 1. The first kappa shape index (κ1) is 14.7. The van der Waals surface area contributed by atoms with Gasteiger partial charge in [-0.3, -0.25) is 4.79 Å². The highest BCUT2D eigenvalue weighted by Crippen LogP contribution is 2.28. The number of hydrogen-bond acceptors (Lipinski definition) is 3. The zero-order valence-corrected chi connectivity index (χ0v) is 12.5. The first-order chi connectivity index (χ1) is 9.30. The Balaban J connectivity index is 2.31. The molecule has 20 heavy (non-hydrogen) atoms. The second kappa shape index (κ2) is 5.37. The van der Waals surface area contributed by atoms with E-state index in [0.29, 0.717) is 12.3 Å². The molecule has 0 spiro atoms. The smallest absolute Gasteiger partial charge is 0.246 e. The molecule has 1 aromatic rings. The predicted octanol–water partition coefficient (Wildman–Crippen LogP) is 2.43. The van der Waals surface area contributed by atoms with E-state index in [1.807, 2.05) is 44.2 Å². The Labute approximate surface area is 120 Å². The van der Waals surface area contributed by atoms with Crippen molar-refractivity contribution in [1.29, 1.82) is 0 Å². The number of benzene rings is 1. The molecule has 108 valence electrons. The zero-order valence-electron chi connectivity index (χ0n) is 12.5. The van der Waals surface area contributed by atoms with Crippen molar-refractivity contribution < 1.29 is 9.90 Å². The standard InChI is InChI=1S/C16H22N2O2/c1-11-12(2)15(19)18(17-14(11)16(3,4)20)10-13-8-6-5-7-9-13/h5-9,11-12,20H,10H2,1-4H3/t11-,12+/m0/s1. The molecule has 2 rings (SSSR count). The Morgan fingerprint density at radius 1 is 1.20 bits per heavy atom. The summed E-state index contributed by atoms with van der Waals surface area (Å²) in [5, 5.41) is 16.1. The maximum Gasteiger partial charge on any atom is 0.246 e. The zero-order chi connectivity index (χ0) is 14.9. The Morgan fingerprint density at radius 2 is 1.80 bits per heavy atom. The van der Waals surface area contributed by atoms with Crippen LogP contribution in [0.3, 0.4) is 0 Å². The molecule has 4 heteroatoms. The Morgan fingerprint density at radius 3 is 2.35 bits per heavy atom. The monoisotopic (exact) mass is 274 g/mol. The van der Waals surface area contributed by atoms with E-state index in [4.69, 9.17) is 0 Å². The quantitative estimate of drug-likeness (QED) is 0.920.